The highest BCUT2D eigenvalue weighted by molar-refractivity contribution is 5.75. The summed E-state index contributed by atoms with van der Waals surface area (Å²) in [5.74, 6) is 0.847. The van der Waals surface area contributed by atoms with Crippen LogP contribution in [0.4, 0.5) is 4.79 Å². The molecule has 0 aromatic heterocycles. The molecule has 0 radical (unpaired) electrons. The van der Waals surface area contributed by atoms with Crippen molar-refractivity contribution < 1.29 is 24.2 Å². The summed E-state index contributed by atoms with van der Waals surface area (Å²) < 4.78 is 10.6. The van der Waals surface area contributed by atoms with E-state index in [2.05, 4.69) is 0 Å². The van der Waals surface area contributed by atoms with E-state index in [-0.39, 0.29) is 48.6 Å². The maximum absolute atomic E-state index is 12.2. The molecular formula is C18H29NO5. The number of carbonyl (C=O) groups excluding carboxylic acids is 2. The molecule has 24 heavy (non-hydrogen) atoms. The molecule has 6 nitrogen and oxygen atoms in total. The Balaban J connectivity index is 1.73. The number of aliphatic hydroxyl groups is 1. The summed E-state index contributed by atoms with van der Waals surface area (Å²) >= 11 is 0. The third kappa shape index (κ3) is 2.89. The Morgan fingerprint density at radius 3 is 2.79 bits per heavy atom. The highest BCUT2D eigenvalue weighted by Crippen LogP contribution is 2.53. The summed E-state index contributed by atoms with van der Waals surface area (Å²) in [6.45, 7) is 4.25. The van der Waals surface area contributed by atoms with Gasteiger partial charge in [-0.25, -0.2) is 4.79 Å². The highest BCUT2D eigenvalue weighted by atomic mass is 16.6. The van der Waals surface area contributed by atoms with Crippen LogP contribution in [0.15, 0.2) is 0 Å². The molecule has 3 aliphatic rings. The summed E-state index contributed by atoms with van der Waals surface area (Å²) in [5.41, 5.74) is 0. The second kappa shape index (κ2) is 6.90. The largest absolute Gasteiger partial charge is 0.462 e. The van der Waals surface area contributed by atoms with Crippen molar-refractivity contribution >= 4 is 12.1 Å². The predicted molar refractivity (Wildman–Crippen MR) is 87.1 cm³/mol. The first-order chi connectivity index (χ1) is 11.5. The number of nitrogens with zero attached hydrogens (tertiary/aromatic N) is 1. The molecule has 7 atom stereocenters. The van der Waals surface area contributed by atoms with Gasteiger partial charge in [-0.1, -0.05) is 0 Å². The Hall–Kier alpha value is -1.30. The number of carbonyl (C=O) groups is 2. The van der Waals surface area contributed by atoms with E-state index < -0.39 is 0 Å². The average molecular weight is 339 g/mol. The molecule has 6 heteroatoms. The van der Waals surface area contributed by atoms with Gasteiger partial charge in [-0.2, -0.15) is 0 Å². The Morgan fingerprint density at radius 2 is 2.12 bits per heavy atom. The Kier molecular flexibility index (Phi) is 5.04. The van der Waals surface area contributed by atoms with E-state index in [1.807, 2.05) is 13.8 Å². The lowest BCUT2D eigenvalue weighted by Gasteiger charge is -2.49. The predicted octanol–water partition coefficient (Wildman–Crippen LogP) is 2.05. The summed E-state index contributed by atoms with van der Waals surface area (Å²) in [5, 5.41) is 9.96. The van der Waals surface area contributed by atoms with Crippen molar-refractivity contribution in [1.29, 1.82) is 0 Å². The molecule has 0 aromatic carbocycles. The molecule has 2 saturated carbocycles. The fourth-order valence-electron chi connectivity index (χ4n) is 5.43. The highest BCUT2D eigenvalue weighted by Gasteiger charge is 2.55. The summed E-state index contributed by atoms with van der Waals surface area (Å²) in [6, 6.07) is 0.149. The first-order valence-corrected chi connectivity index (χ1v) is 9.18. The fourth-order valence-corrected chi connectivity index (χ4v) is 5.43. The number of amides is 1. The van der Waals surface area contributed by atoms with E-state index in [4.69, 9.17) is 9.47 Å². The molecule has 0 unspecified atom stereocenters. The molecule has 2 aliphatic carbocycles. The second-order valence-corrected chi connectivity index (χ2v) is 7.61. The van der Waals surface area contributed by atoms with Crippen LogP contribution in [0, 0.1) is 29.6 Å². The van der Waals surface area contributed by atoms with Crippen LogP contribution < -0.4 is 0 Å². The lowest BCUT2D eigenvalue weighted by molar-refractivity contribution is -0.144. The van der Waals surface area contributed by atoms with Gasteiger partial charge in [0, 0.05) is 25.6 Å². The van der Waals surface area contributed by atoms with Gasteiger partial charge in [-0.3, -0.25) is 4.79 Å². The number of fused-ring (bicyclic) bond motifs is 2. The van der Waals surface area contributed by atoms with Gasteiger partial charge in [0.1, 0.15) is 6.10 Å². The van der Waals surface area contributed by atoms with Crippen LogP contribution >= 0.6 is 0 Å². The Bertz CT molecular complexity index is 496. The van der Waals surface area contributed by atoms with Gasteiger partial charge in [0.15, 0.2) is 0 Å². The zero-order valence-electron chi connectivity index (χ0n) is 14.8. The van der Waals surface area contributed by atoms with Crippen LogP contribution in [0.2, 0.25) is 0 Å². The lowest BCUT2D eigenvalue weighted by Crippen LogP contribution is -2.50. The normalized spacial score (nSPS) is 41.2. The smallest absolute Gasteiger partial charge is 0.409 e. The minimum absolute atomic E-state index is 0.0925. The molecule has 136 valence electrons. The van der Waals surface area contributed by atoms with Crippen molar-refractivity contribution in [3.63, 3.8) is 0 Å². The second-order valence-electron chi connectivity index (χ2n) is 7.61. The number of hydrogen-bond acceptors (Lipinski definition) is 5. The van der Waals surface area contributed by atoms with Crippen molar-refractivity contribution in [2.45, 2.75) is 51.7 Å². The molecule has 1 heterocycles. The van der Waals surface area contributed by atoms with E-state index in [0.29, 0.717) is 18.4 Å². The monoisotopic (exact) mass is 339 g/mol. The number of cyclic esters (lactones) is 1. The van der Waals surface area contributed by atoms with Gasteiger partial charge in [0.25, 0.3) is 0 Å². The van der Waals surface area contributed by atoms with Crippen molar-refractivity contribution in [3.8, 4) is 0 Å². The van der Waals surface area contributed by atoms with E-state index in [0.717, 1.165) is 25.7 Å². The van der Waals surface area contributed by atoms with Crippen LogP contribution in [0.3, 0.4) is 0 Å². The van der Waals surface area contributed by atoms with Crippen molar-refractivity contribution in [1.82, 2.24) is 4.90 Å². The molecular weight excluding hydrogens is 310 g/mol. The van der Waals surface area contributed by atoms with Gasteiger partial charge >= 0.3 is 12.1 Å². The van der Waals surface area contributed by atoms with Gasteiger partial charge in [0.05, 0.1) is 12.5 Å². The lowest BCUT2D eigenvalue weighted by atomic mass is 9.57. The van der Waals surface area contributed by atoms with E-state index in [1.165, 1.54) is 0 Å². The SMILES string of the molecule is CCOC(=O)N(C)[C@@H]1CC[C@@H]2[C@@H](C1)C[C@H]1C(=O)O[C@H](C)[C@H]1[C@H]2CO. The molecule has 1 amide bonds. The third-order valence-corrected chi connectivity index (χ3v) is 6.54. The first kappa shape index (κ1) is 17.5. The van der Waals surface area contributed by atoms with E-state index >= 15 is 0 Å². The summed E-state index contributed by atoms with van der Waals surface area (Å²) in [6.07, 6.45) is 3.23. The minimum atomic E-state index is -0.276. The van der Waals surface area contributed by atoms with Crippen molar-refractivity contribution in [3.05, 3.63) is 0 Å². The summed E-state index contributed by atoms with van der Waals surface area (Å²) in [4.78, 5) is 25.9. The number of aliphatic hydroxyl groups excluding tert-OH is 1. The van der Waals surface area contributed by atoms with Crippen molar-refractivity contribution in [2.24, 2.45) is 29.6 Å². The number of rotatable bonds is 3. The van der Waals surface area contributed by atoms with E-state index in [1.54, 1.807) is 11.9 Å². The maximum Gasteiger partial charge on any atom is 0.409 e. The fraction of sp³-hybridized carbons (Fsp3) is 0.889. The van der Waals surface area contributed by atoms with Crippen LogP contribution in [0.25, 0.3) is 0 Å². The molecule has 1 aliphatic heterocycles. The summed E-state index contributed by atoms with van der Waals surface area (Å²) in [7, 11) is 1.80. The average Bonchev–Trinajstić information content (AvgIpc) is 2.86. The van der Waals surface area contributed by atoms with Gasteiger partial charge in [-0.15, -0.1) is 0 Å². The first-order valence-electron chi connectivity index (χ1n) is 9.18. The quantitative estimate of drug-likeness (QED) is 0.797. The number of ether oxygens (including phenoxy) is 2. The molecule has 1 saturated heterocycles. The van der Waals surface area contributed by atoms with Crippen molar-refractivity contribution in [2.75, 3.05) is 20.3 Å². The number of esters is 1. The minimum Gasteiger partial charge on any atom is -0.462 e. The zero-order chi connectivity index (χ0) is 17.4. The van der Waals surface area contributed by atoms with Crippen LogP contribution in [0.5, 0.6) is 0 Å². The van der Waals surface area contributed by atoms with E-state index in [9.17, 15) is 14.7 Å². The molecule has 1 N–H and O–H groups in total. The van der Waals surface area contributed by atoms with Gasteiger partial charge in [-0.05, 0) is 57.3 Å². The third-order valence-electron chi connectivity index (χ3n) is 6.54. The molecule has 0 spiro atoms. The molecule has 0 aromatic rings. The Labute approximate surface area is 143 Å². The maximum atomic E-state index is 12.2. The van der Waals surface area contributed by atoms with Gasteiger partial charge in [0.2, 0.25) is 0 Å². The van der Waals surface area contributed by atoms with Crippen LogP contribution in [-0.4, -0.2) is 54.5 Å². The molecule has 0 bridgehead atoms. The van der Waals surface area contributed by atoms with Crippen LogP contribution in [0.1, 0.15) is 39.5 Å². The topological polar surface area (TPSA) is 76.1 Å². The van der Waals surface area contributed by atoms with Gasteiger partial charge < -0.3 is 19.5 Å². The molecule has 3 fully saturated rings. The standard InChI is InChI=1S/C18H29NO5/c1-4-23-18(22)19(3)12-5-6-13-11(7-12)8-14-16(15(13)9-20)10(2)24-17(14)21/h10-16,20H,4-9H2,1-3H3/t10-,11+,12-,13-,14-,15+,16-/m1/s1. The Morgan fingerprint density at radius 1 is 1.38 bits per heavy atom. The zero-order valence-corrected chi connectivity index (χ0v) is 14.8. The van der Waals surface area contributed by atoms with Crippen LogP contribution in [-0.2, 0) is 14.3 Å². The number of hydrogen-bond donors (Lipinski definition) is 1. The molecule has 3 rings (SSSR count).